The van der Waals surface area contributed by atoms with Crippen molar-refractivity contribution in [3.8, 4) is 5.69 Å². The molecule has 2 heterocycles. The molecular formula is C21H24N4O4. The smallest absolute Gasteiger partial charge is 0.344 e. The minimum absolute atomic E-state index is 0.0283. The lowest BCUT2D eigenvalue weighted by Gasteiger charge is -2.10. The van der Waals surface area contributed by atoms with Crippen molar-refractivity contribution in [2.24, 2.45) is 0 Å². The molecule has 8 nitrogen and oxygen atoms in total. The predicted molar refractivity (Wildman–Crippen MR) is 107 cm³/mol. The minimum Gasteiger partial charge on any atom is -0.452 e. The number of nitrogens with one attached hydrogen (secondary N) is 1. The van der Waals surface area contributed by atoms with Gasteiger partial charge in [0.2, 0.25) is 0 Å². The van der Waals surface area contributed by atoms with E-state index in [1.807, 2.05) is 52.0 Å². The van der Waals surface area contributed by atoms with E-state index < -0.39 is 18.5 Å². The molecule has 1 aromatic carbocycles. The Labute approximate surface area is 168 Å². The van der Waals surface area contributed by atoms with E-state index in [2.05, 4.69) is 15.6 Å². The number of benzene rings is 1. The van der Waals surface area contributed by atoms with Crippen LogP contribution >= 0.6 is 0 Å². The van der Waals surface area contributed by atoms with Crippen molar-refractivity contribution in [1.82, 2.24) is 14.9 Å². The molecule has 0 aliphatic rings. The van der Waals surface area contributed by atoms with Crippen molar-refractivity contribution in [2.75, 3.05) is 11.9 Å². The van der Waals surface area contributed by atoms with Gasteiger partial charge in [0.1, 0.15) is 11.4 Å². The van der Waals surface area contributed by atoms with Crippen LogP contribution in [0.1, 0.15) is 52.8 Å². The van der Waals surface area contributed by atoms with Gasteiger partial charge in [-0.15, -0.1) is 0 Å². The molecule has 8 heteroatoms. The molecule has 1 amide bonds. The van der Waals surface area contributed by atoms with Crippen molar-refractivity contribution in [2.45, 2.75) is 40.5 Å². The molecule has 0 bridgehead atoms. The molecule has 0 saturated carbocycles. The average molecular weight is 396 g/mol. The van der Waals surface area contributed by atoms with E-state index in [1.165, 1.54) is 0 Å². The van der Waals surface area contributed by atoms with Crippen LogP contribution in [-0.4, -0.2) is 33.4 Å². The molecule has 29 heavy (non-hydrogen) atoms. The average Bonchev–Trinajstić information content (AvgIpc) is 3.23. The molecule has 0 spiro atoms. The third kappa shape index (κ3) is 4.53. The van der Waals surface area contributed by atoms with Crippen LogP contribution in [0.4, 0.5) is 5.82 Å². The van der Waals surface area contributed by atoms with E-state index >= 15 is 0 Å². The molecule has 0 unspecified atom stereocenters. The van der Waals surface area contributed by atoms with E-state index in [9.17, 15) is 9.59 Å². The summed E-state index contributed by atoms with van der Waals surface area (Å²) in [6.07, 6.45) is 0. The molecule has 0 saturated heterocycles. The number of aryl methyl sites for hydroxylation is 3. The first kappa shape index (κ1) is 20.3. The predicted octanol–water partition coefficient (Wildman–Crippen LogP) is 3.70. The largest absolute Gasteiger partial charge is 0.452 e. The van der Waals surface area contributed by atoms with Gasteiger partial charge in [-0.3, -0.25) is 4.79 Å². The van der Waals surface area contributed by atoms with Gasteiger partial charge in [-0.1, -0.05) is 36.7 Å². The number of esters is 1. The zero-order valence-corrected chi connectivity index (χ0v) is 17.1. The van der Waals surface area contributed by atoms with Gasteiger partial charge >= 0.3 is 5.97 Å². The Kier molecular flexibility index (Phi) is 5.81. The Balaban J connectivity index is 1.69. The highest BCUT2D eigenvalue weighted by Gasteiger charge is 2.24. The standard InChI is InChI=1S/C21H24N4O4/c1-12(2)20-19(15(5)24-29-20)21(27)28-11-18(26)22-17-10-14(4)23-25(17)16-8-6-13(3)7-9-16/h6-10,12H,11H2,1-5H3,(H,22,26). The fraction of sp³-hybridized carbons (Fsp3) is 0.333. The Bertz CT molecular complexity index is 1030. The van der Waals surface area contributed by atoms with Crippen molar-refractivity contribution < 1.29 is 18.8 Å². The molecule has 3 rings (SSSR count). The molecular weight excluding hydrogens is 372 g/mol. The van der Waals surface area contributed by atoms with E-state index in [0.29, 0.717) is 17.3 Å². The highest BCUT2D eigenvalue weighted by molar-refractivity contribution is 5.96. The van der Waals surface area contributed by atoms with Crippen molar-refractivity contribution >= 4 is 17.7 Å². The van der Waals surface area contributed by atoms with E-state index in [1.54, 1.807) is 17.7 Å². The van der Waals surface area contributed by atoms with Crippen LogP contribution in [0.25, 0.3) is 5.69 Å². The second-order valence-electron chi connectivity index (χ2n) is 7.20. The van der Waals surface area contributed by atoms with Crippen LogP contribution in [0.3, 0.4) is 0 Å². The van der Waals surface area contributed by atoms with Gasteiger partial charge in [0, 0.05) is 12.0 Å². The van der Waals surface area contributed by atoms with E-state index in [0.717, 1.165) is 16.9 Å². The van der Waals surface area contributed by atoms with E-state index in [4.69, 9.17) is 9.26 Å². The number of ether oxygens (including phenoxy) is 1. The molecule has 0 fully saturated rings. The summed E-state index contributed by atoms with van der Waals surface area (Å²) >= 11 is 0. The fourth-order valence-electron chi connectivity index (χ4n) is 2.88. The second kappa shape index (κ2) is 8.30. The molecule has 1 N–H and O–H groups in total. The summed E-state index contributed by atoms with van der Waals surface area (Å²) in [7, 11) is 0. The molecule has 0 aliphatic carbocycles. The minimum atomic E-state index is -0.633. The SMILES string of the molecule is Cc1ccc(-n2nc(C)cc2NC(=O)COC(=O)c2c(C)noc2C(C)C)cc1. The summed E-state index contributed by atoms with van der Waals surface area (Å²) in [5, 5.41) is 11.0. The van der Waals surface area contributed by atoms with Crippen molar-refractivity contribution in [1.29, 1.82) is 0 Å². The number of amides is 1. The third-order valence-electron chi connectivity index (χ3n) is 4.33. The zero-order chi connectivity index (χ0) is 21.1. The molecule has 152 valence electrons. The highest BCUT2D eigenvalue weighted by Crippen LogP contribution is 2.23. The van der Waals surface area contributed by atoms with Gasteiger partial charge in [-0.25, -0.2) is 9.48 Å². The summed E-state index contributed by atoms with van der Waals surface area (Å²) in [6, 6.07) is 9.51. The van der Waals surface area contributed by atoms with Crippen LogP contribution in [0.2, 0.25) is 0 Å². The molecule has 0 aliphatic heterocycles. The normalized spacial score (nSPS) is 11.0. The number of hydrogen-bond donors (Lipinski definition) is 1. The van der Waals surface area contributed by atoms with Gasteiger partial charge in [0.15, 0.2) is 12.4 Å². The van der Waals surface area contributed by atoms with Gasteiger partial charge in [0.05, 0.1) is 17.1 Å². The number of carbonyl (C=O) groups is 2. The number of hydrogen-bond acceptors (Lipinski definition) is 6. The molecule has 3 aromatic rings. The number of rotatable bonds is 6. The Morgan fingerprint density at radius 2 is 1.86 bits per heavy atom. The maximum atomic E-state index is 12.4. The summed E-state index contributed by atoms with van der Waals surface area (Å²) in [5.41, 5.74) is 3.40. The van der Waals surface area contributed by atoms with Crippen LogP contribution in [0.5, 0.6) is 0 Å². The molecule has 0 atom stereocenters. The lowest BCUT2D eigenvalue weighted by atomic mass is 10.1. The maximum absolute atomic E-state index is 12.4. The lowest BCUT2D eigenvalue weighted by Crippen LogP contribution is -2.23. The third-order valence-corrected chi connectivity index (χ3v) is 4.33. The molecule has 2 aromatic heterocycles. The summed E-state index contributed by atoms with van der Waals surface area (Å²) < 4.78 is 12.0. The van der Waals surface area contributed by atoms with Gasteiger partial charge < -0.3 is 14.6 Å². The van der Waals surface area contributed by atoms with E-state index in [-0.39, 0.29) is 11.5 Å². The quantitative estimate of drug-likeness (QED) is 0.638. The number of anilines is 1. The van der Waals surface area contributed by atoms with Crippen LogP contribution in [-0.2, 0) is 9.53 Å². The number of aromatic nitrogens is 3. The van der Waals surface area contributed by atoms with Crippen molar-refractivity contribution in [3.63, 3.8) is 0 Å². The summed E-state index contributed by atoms with van der Waals surface area (Å²) in [4.78, 5) is 24.8. The number of nitrogens with zero attached hydrogens (tertiary/aromatic N) is 3. The fourth-order valence-corrected chi connectivity index (χ4v) is 2.88. The van der Waals surface area contributed by atoms with Gasteiger partial charge in [0.25, 0.3) is 5.91 Å². The first-order valence-corrected chi connectivity index (χ1v) is 9.33. The topological polar surface area (TPSA) is 99.2 Å². The Morgan fingerprint density at radius 1 is 1.17 bits per heavy atom. The maximum Gasteiger partial charge on any atom is 0.344 e. The van der Waals surface area contributed by atoms with Gasteiger partial charge in [-0.05, 0) is 32.9 Å². The zero-order valence-electron chi connectivity index (χ0n) is 17.1. The first-order valence-electron chi connectivity index (χ1n) is 9.33. The monoisotopic (exact) mass is 396 g/mol. The highest BCUT2D eigenvalue weighted by atomic mass is 16.5. The summed E-state index contributed by atoms with van der Waals surface area (Å²) in [6.45, 7) is 8.84. The first-order chi connectivity index (χ1) is 13.8. The van der Waals surface area contributed by atoms with Crippen LogP contribution in [0.15, 0.2) is 34.9 Å². The Morgan fingerprint density at radius 3 is 2.52 bits per heavy atom. The second-order valence-corrected chi connectivity index (χ2v) is 7.20. The van der Waals surface area contributed by atoms with Crippen molar-refractivity contribution in [3.05, 3.63) is 58.6 Å². The van der Waals surface area contributed by atoms with Crippen LogP contribution in [0, 0.1) is 20.8 Å². The van der Waals surface area contributed by atoms with Gasteiger partial charge in [-0.2, -0.15) is 5.10 Å². The Hall–Kier alpha value is -3.42. The molecule has 0 radical (unpaired) electrons. The number of carbonyl (C=O) groups excluding carboxylic acids is 2. The summed E-state index contributed by atoms with van der Waals surface area (Å²) in [5.74, 6) is -0.186. The van der Waals surface area contributed by atoms with Crippen LogP contribution < -0.4 is 5.32 Å². The lowest BCUT2D eigenvalue weighted by molar-refractivity contribution is -0.119.